The van der Waals surface area contributed by atoms with Crippen molar-refractivity contribution in [3.8, 4) is 0 Å². The van der Waals surface area contributed by atoms with Crippen molar-refractivity contribution in [1.29, 1.82) is 0 Å². The number of halogens is 1. The molecule has 0 saturated heterocycles. The molecule has 1 heterocycles. The molecule has 0 aliphatic rings. The first-order chi connectivity index (χ1) is 12.8. The molecule has 0 bridgehead atoms. The molecule has 6 nitrogen and oxygen atoms in total. The molecular formula is C20H31IN4O2S. The van der Waals surface area contributed by atoms with Crippen LogP contribution in [0, 0.1) is 5.41 Å². The number of guanidine groups is 1. The van der Waals surface area contributed by atoms with Crippen molar-refractivity contribution in [2.45, 2.75) is 33.8 Å². The Labute approximate surface area is 188 Å². The predicted molar refractivity (Wildman–Crippen MR) is 129 cm³/mol. The second-order valence-corrected chi connectivity index (χ2v) is 8.47. The summed E-state index contributed by atoms with van der Waals surface area (Å²) in [5.41, 5.74) is -0.396. The van der Waals surface area contributed by atoms with Gasteiger partial charge in [0.05, 0.1) is 6.54 Å². The third kappa shape index (κ3) is 7.56. The largest absolute Gasteiger partial charge is 0.386 e. The number of rotatable bonds is 7. The van der Waals surface area contributed by atoms with Gasteiger partial charge < -0.3 is 21.1 Å². The van der Waals surface area contributed by atoms with E-state index in [1.807, 2.05) is 52.0 Å². The minimum absolute atomic E-state index is 0. The second kappa shape index (κ2) is 11.6. The Kier molecular flexibility index (Phi) is 10.2. The van der Waals surface area contributed by atoms with Crippen LogP contribution in [0.1, 0.15) is 38.7 Å². The molecule has 1 aromatic carbocycles. The maximum atomic E-state index is 11.9. The molecule has 1 unspecified atom stereocenters. The lowest BCUT2D eigenvalue weighted by Crippen LogP contribution is -2.43. The summed E-state index contributed by atoms with van der Waals surface area (Å²) in [6.45, 7) is 9.72. The van der Waals surface area contributed by atoms with E-state index < -0.39 is 11.5 Å². The Morgan fingerprint density at radius 1 is 1.18 bits per heavy atom. The number of carbonyl (C=O) groups is 1. The summed E-state index contributed by atoms with van der Waals surface area (Å²) in [7, 11) is 0. The normalized spacial score (nSPS) is 13.0. The van der Waals surface area contributed by atoms with Gasteiger partial charge in [0, 0.05) is 34.6 Å². The summed E-state index contributed by atoms with van der Waals surface area (Å²) in [5, 5.41) is 20.8. The highest BCUT2D eigenvalue weighted by molar-refractivity contribution is 14.0. The number of amides is 1. The number of aliphatic hydroxyl groups excluding tert-OH is 1. The van der Waals surface area contributed by atoms with E-state index in [2.05, 4.69) is 27.0 Å². The Morgan fingerprint density at radius 2 is 1.86 bits per heavy atom. The van der Waals surface area contributed by atoms with Crippen LogP contribution < -0.4 is 16.0 Å². The molecule has 0 fully saturated rings. The first-order valence-corrected chi connectivity index (χ1v) is 10.1. The Bertz CT molecular complexity index is 753. The number of nitrogens with zero attached hydrogens (tertiary/aromatic N) is 1. The summed E-state index contributed by atoms with van der Waals surface area (Å²) in [6, 6.07) is 10.1. The smallest absolute Gasteiger partial charge is 0.225 e. The van der Waals surface area contributed by atoms with Gasteiger partial charge in [-0.25, -0.2) is 0 Å². The highest BCUT2D eigenvalue weighted by atomic mass is 127. The minimum Gasteiger partial charge on any atom is -0.386 e. The molecule has 0 saturated carbocycles. The zero-order valence-electron chi connectivity index (χ0n) is 16.9. The van der Waals surface area contributed by atoms with Crippen LogP contribution in [0.5, 0.6) is 0 Å². The van der Waals surface area contributed by atoms with E-state index >= 15 is 0 Å². The van der Waals surface area contributed by atoms with Crippen molar-refractivity contribution in [2.24, 2.45) is 10.4 Å². The third-order valence-electron chi connectivity index (χ3n) is 3.92. The van der Waals surface area contributed by atoms with Crippen LogP contribution in [-0.4, -0.2) is 43.2 Å². The number of benzene rings is 1. The fraction of sp³-hybridized carbons (Fsp3) is 0.500. The van der Waals surface area contributed by atoms with E-state index in [-0.39, 0.29) is 36.4 Å². The van der Waals surface area contributed by atoms with Crippen LogP contribution in [-0.2, 0) is 4.79 Å². The first kappa shape index (κ1) is 24.6. The molecule has 1 amide bonds. The molecule has 0 radical (unpaired) electrons. The van der Waals surface area contributed by atoms with Gasteiger partial charge in [0.1, 0.15) is 6.10 Å². The Balaban J connectivity index is 0.00000392. The standard InChI is InChI=1S/C20H30N4O2S.HI/c1-5-21-19(23-11-10-22-18(26)20(2,3)4)24-13-15(25)17-12-14-8-6-7-9-16(14)27-17;/h6-9,12,15,25H,5,10-11,13H2,1-4H3,(H,22,26)(H2,21,23,24);1H. The summed E-state index contributed by atoms with van der Waals surface area (Å²) in [5.74, 6) is 0.647. The van der Waals surface area contributed by atoms with Crippen LogP contribution >= 0.6 is 35.3 Å². The van der Waals surface area contributed by atoms with Gasteiger partial charge in [-0.1, -0.05) is 39.0 Å². The van der Waals surface area contributed by atoms with Crippen molar-refractivity contribution in [3.05, 3.63) is 35.2 Å². The molecule has 28 heavy (non-hydrogen) atoms. The van der Waals surface area contributed by atoms with Gasteiger partial charge in [0.2, 0.25) is 5.91 Å². The third-order valence-corrected chi connectivity index (χ3v) is 5.14. The van der Waals surface area contributed by atoms with Crippen molar-refractivity contribution < 1.29 is 9.90 Å². The topological polar surface area (TPSA) is 85.8 Å². The zero-order valence-corrected chi connectivity index (χ0v) is 20.1. The van der Waals surface area contributed by atoms with Crippen LogP contribution in [0.4, 0.5) is 0 Å². The van der Waals surface area contributed by atoms with Crippen molar-refractivity contribution in [2.75, 3.05) is 26.2 Å². The number of aliphatic imine (C=N–C) groups is 1. The number of hydrogen-bond acceptors (Lipinski definition) is 4. The lowest BCUT2D eigenvalue weighted by molar-refractivity contribution is -0.128. The first-order valence-electron chi connectivity index (χ1n) is 9.28. The SMILES string of the molecule is CCNC(=NCC(O)c1cc2ccccc2s1)NCCNC(=O)C(C)(C)C.I. The number of carbonyl (C=O) groups excluding carboxylic acids is 1. The summed E-state index contributed by atoms with van der Waals surface area (Å²) in [4.78, 5) is 17.2. The number of hydrogen-bond donors (Lipinski definition) is 4. The molecule has 4 N–H and O–H groups in total. The average Bonchev–Trinajstić information content (AvgIpc) is 3.06. The second-order valence-electron chi connectivity index (χ2n) is 7.35. The van der Waals surface area contributed by atoms with Crippen LogP contribution in [0.2, 0.25) is 0 Å². The van der Waals surface area contributed by atoms with Gasteiger partial charge in [-0.3, -0.25) is 9.79 Å². The molecule has 8 heteroatoms. The molecular weight excluding hydrogens is 487 g/mol. The van der Waals surface area contributed by atoms with E-state index in [0.29, 0.717) is 19.0 Å². The van der Waals surface area contributed by atoms with Gasteiger partial charge >= 0.3 is 0 Å². The molecule has 1 atom stereocenters. The lowest BCUT2D eigenvalue weighted by atomic mass is 9.96. The molecule has 0 spiro atoms. The number of fused-ring (bicyclic) bond motifs is 1. The number of thiophene rings is 1. The summed E-state index contributed by atoms with van der Waals surface area (Å²) >= 11 is 1.59. The maximum Gasteiger partial charge on any atom is 0.225 e. The van der Waals surface area contributed by atoms with Gasteiger partial charge in [0.25, 0.3) is 0 Å². The highest BCUT2D eigenvalue weighted by Crippen LogP contribution is 2.29. The van der Waals surface area contributed by atoms with Gasteiger partial charge in [-0.2, -0.15) is 0 Å². The quantitative estimate of drug-likeness (QED) is 0.196. The highest BCUT2D eigenvalue weighted by Gasteiger charge is 2.20. The fourth-order valence-corrected chi connectivity index (χ4v) is 3.44. The Hall–Kier alpha value is -1.39. The zero-order chi connectivity index (χ0) is 19.9. The molecule has 0 aliphatic carbocycles. The minimum atomic E-state index is -0.640. The molecule has 0 aliphatic heterocycles. The van der Waals surface area contributed by atoms with Crippen LogP contribution in [0.15, 0.2) is 35.3 Å². The lowest BCUT2D eigenvalue weighted by Gasteiger charge is -2.18. The Morgan fingerprint density at radius 3 is 2.50 bits per heavy atom. The van der Waals surface area contributed by atoms with Gasteiger partial charge in [0.15, 0.2) is 5.96 Å². The van der Waals surface area contributed by atoms with Gasteiger partial charge in [-0.05, 0) is 24.4 Å². The predicted octanol–water partition coefficient (Wildman–Crippen LogP) is 3.27. The van der Waals surface area contributed by atoms with Crippen LogP contribution in [0.25, 0.3) is 10.1 Å². The average molecular weight is 518 g/mol. The van der Waals surface area contributed by atoms with Crippen molar-refractivity contribution in [3.63, 3.8) is 0 Å². The van der Waals surface area contributed by atoms with Crippen LogP contribution in [0.3, 0.4) is 0 Å². The fourth-order valence-electron chi connectivity index (χ4n) is 2.40. The van der Waals surface area contributed by atoms with E-state index in [4.69, 9.17) is 0 Å². The molecule has 1 aromatic heterocycles. The summed E-state index contributed by atoms with van der Waals surface area (Å²) in [6.07, 6.45) is -0.640. The van der Waals surface area contributed by atoms with Gasteiger partial charge in [-0.15, -0.1) is 35.3 Å². The van der Waals surface area contributed by atoms with Crippen molar-refractivity contribution >= 4 is 57.3 Å². The molecule has 2 aromatic rings. The maximum absolute atomic E-state index is 11.9. The monoisotopic (exact) mass is 518 g/mol. The van der Waals surface area contributed by atoms with E-state index in [1.165, 1.54) is 0 Å². The number of nitrogens with one attached hydrogen (secondary N) is 3. The van der Waals surface area contributed by atoms with E-state index in [9.17, 15) is 9.90 Å². The van der Waals surface area contributed by atoms with Crippen molar-refractivity contribution in [1.82, 2.24) is 16.0 Å². The van der Waals surface area contributed by atoms with E-state index in [1.54, 1.807) is 11.3 Å². The number of aliphatic hydroxyl groups is 1. The molecule has 156 valence electrons. The summed E-state index contributed by atoms with van der Waals surface area (Å²) < 4.78 is 1.16. The molecule has 2 rings (SSSR count). The van der Waals surface area contributed by atoms with E-state index in [0.717, 1.165) is 21.5 Å².